The average Bonchev–Trinajstić information content (AvgIpc) is 2.53. The van der Waals surface area contributed by atoms with Crippen LogP contribution >= 0.6 is 47.8 Å². The van der Waals surface area contributed by atoms with Gasteiger partial charge in [-0.25, -0.2) is 0 Å². The number of halogens is 3. The largest absolute Gasteiger partial charge is 0.384 e. The van der Waals surface area contributed by atoms with Crippen LogP contribution in [0.5, 0.6) is 0 Å². The third-order valence-corrected chi connectivity index (χ3v) is 4.23. The predicted molar refractivity (Wildman–Crippen MR) is 82.7 cm³/mol. The summed E-state index contributed by atoms with van der Waals surface area (Å²) in [6.07, 6.45) is 1.85. The van der Waals surface area contributed by atoms with Crippen LogP contribution in [0.25, 0.3) is 5.69 Å². The number of nitrogens with zero attached hydrogens (tertiary/aromatic N) is 2. The van der Waals surface area contributed by atoms with E-state index in [-0.39, 0.29) is 0 Å². The molecule has 0 unspecified atom stereocenters. The van der Waals surface area contributed by atoms with Crippen LogP contribution in [0.15, 0.2) is 31.7 Å². The summed E-state index contributed by atoms with van der Waals surface area (Å²) in [5.74, 6) is 0.443. The van der Waals surface area contributed by atoms with E-state index in [4.69, 9.17) is 11.0 Å². The molecule has 2 rings (SSSR count). The molecule has 0 aliphatic rings. The van der Waals surface area contributed by atoms with E-state index in [2.05, 4.69) is 53.9 Å². The molecule has 0 amide bonds. The highest BCUT2D eigenvalue weighted by atomic mass is 79.9. The van der Waals surface area contributed by atoms with Gasteiger partial charge in [0.1, 0.15) is 11.9 Å². The molecule has 0 aliphatic heterocycles. The van der Waals surface area contributed by atoms with Crippen molar-refractivity contribution in [3.8, 4) is 11.8 Å². The van der Waals surface area contributed by atoms with Gasteiger partial charge in [-0.15, -0.1) is 0 Å². The van der Waals surface area contributed by atoms with Gasteiger partial charge in [0.15, 0.2) is 0 Å². The second-order valence-corrected chi connectivity index (χ2v) is 6.40. The van der Waals surface area contributed by atoms with E-state index in [9.17, 15) is 0 Å². The van der Waals surface area contributed by atoms with Gasteiger partial charge in [-0.05, 0) is 56.5 Å². The highest BCUT2D eigenvalue weighted by Crippen LogP contribution is 2.35. The molecule has 1 aromatic carbocycles. The van der Waals surface area contributed by atoms with Crippen molar-refractivity contribution in [3.63, 3.8) is 0 Å². The normalized spacial score (nSPS) is 10.4. The van der Waals surface area contributed by atoms with Crippen molar-refractivity contribution in [1.29, 1.82) is 5.26 Å². The standard InChI is InChI=1S/C12H8Br3N3/c1-6-5-18(12(17)8(6)4-16)11-9(14)2-7(13)3-10(11)15/h2-3,5H,17H2,1H3. The number of anilines is 1. The Balaban J connectivity index is 2.75. The van der Waals surface area contributed by atoms with Gasteiger partial charge in [-0.3, -0.25) is 0 Å². The summed E-state index contributed by atoms with van der Waals surface area (Å²) in [7, 11) is 0. The fourth-order valence-corrected chi connectivity index (χ4v) is 4.39. The molecule has 0 radical (unpaired) electrons. The Kier molecular flexibility index (Phi) is 3.85. The van der Waals surface area contributed by atoms with Crippen molar-refractivity contribution in [2.45, 2.75) is 6.92 Å². The van der Waals surface area contributed by atoms with E-state index < -0.39 is 0 Å². The van der Waals surface area contributed by atoms with Gasteiger partial charge in [-0.2, -0.15) is 5.26 Å². The number of nitriles is 1. The van der Waals surface area contributed by atoms with Crippen molar-refractivity contribution in [2.75, 3.05) is 5.73 Å². The molecule has 6 heteroatoms. The van der Waals surface area contributed by atoms with Crippen molar-refractivity contribution >= 4 is 53.6 Å². The van der Waals surface area contributed by atoms with Crippen molar-refractivity contribution in [1.82, 2.24) is 4.57 Å². The molecule has 0 fully saturated rings. The number of benzene rings is 1. The van der Waals surface area contributed by atoms with E-state index in [1.54, 1.807) is 4.57 Å². The summed E-state index contributed by atoms with van der Waals surface area (Å²) in [5.41, 5.74) is 8.25. The Bertz CT molecular complexity index is 645. The summed E-state index contributed by atoms with van der Waals surface area (Å²) in [5, 5.41) is 9.07. The zero-order valence-electron chi connectivity index (χ0n) is 9.34. The molecule has 3 nitrogen and oxygen atoms in total. The number of hydrogen-bond donors (Lipinski definition) is 1. The average molecular weight is 434 g/mol. The number of aromatic nitrogens is 1. The summed E-state index contributed by atoms with van der Waals surface area (Å²) in [4.78, 5) is 0. The van der Waals surface area contributed by atoms with Gasteiger partial charge in [0.25, 0.3) is 0 Å². The molecule has 2 aromatic rings. The Morgan fingerprint density at radius 3 is 2.22 bits per heavy atom. The second-order valence-electron chi connectivity index (χ2n) is 3.77. The van der Waals surface area contributed by atoms with E-state index in [0.717, 1.165) is 24.7 Å². The summed E-state index contributed by atoms with van der Waals surface area (Å²) < 4.78 is 4.52. The fraction of sp³-hybridized carbons (Fsp3) is 0.0833. The molecular weight excluding hydrogens is 426 g/mol. The maximum absolute atomic E-state index is 9.07. The van der Waals surface area contributed by atoms with Gasteiger partial charge in [0.2, 0.25) is 0 Å². The quantitative estimate of drug-likeness (QED) is 0.718. The SMILES string of the molecule is Cc1cn(-c2c(Br)cc(Br)cc2Br)c(N)c1C#N. The molecule has 0 bridgehead atoms. The Hall–Kier alpha value is -0.770. The number of aryl methyl sites for hydroxylation is 1. The number of nitrogens with two attached hydrogens (primary N) is 1. The maximum Gasteiger partial charge on any atom is 0.126 e. The maximum atomic E-state index is 9.07. The zero-order valence-corrected chi connectivity index (χ0v) is 14.1. The van der Waals surface area contributed by atoms with Gasteiger partial charge in [-0.1, -0.05) is 15.9 Å². The minimum atomic E-state index is 0.443. The lowest BCUT2D eigenvalue weighted by molar-refractivity contribution is 1.07. The van der Waals surface area contributed by atoms with Crippen LogP contribution < -0.4 is 5.73 Å². The molecule has 0 saturated heterocycles. The number of nitrogen functional groups attached to an aromatic ring is 1. The molecule has 18 heavy (non-hydrogen) atoms. The van der Waals surface area contributed by atoms with Gasteiger partial charge in [0.05, 0.1) is 11.3 Å². The van der Waals surface area contributed by atoms with Crippen molar-refractivity contribution < 1.29 is 0 Å². The van der Waals surface area contributed by atoms with E-state index in [0.29, 0.717) is 11.4 Å². The first-order valence-corrected chi connectivity index (χ1v) is 7.36. The van der Waals surface area contributed by atoms with Gasteiger partial charge < -0.3 is 10.3 Å². The topological polar surface area (TPSA) is 54.7 Å². The summed E-state index contributed by atoms with van der Waals surface area (Å²) in [6, 6.07) is 5.98. The fourth-order valence-electron chi connectivity index (χ4n) is 1.75. The Labute approximate surface area is 130 Å². The molecule has 0 atom stereocenters. The van der Waals surface area contributed by atoms with Crippen LogP contribution in [0.2, 0.25) is 0 Å². The van der Waals surface area contributed by atoms with Crippen LogP contribution in [0.3, 0.4) is 0 Å². The third-order valence-electron chi connectivity index (χ3n) is 2.57. The Morgan fingerprint density at radius 1 is 1.22 bits per heavy atom. The predicted octanol–water partition coefficient (Wildman–Crippen LogP) is 4.53. The van der Waals surface area contributed by atoms with E-state index >= 15 is 0 Å². The van der Waals surface area contributed by atoms with Crippen LogP contribution in [0, 0.1) is 18.3 Å². The van der Waals surface area contributed by atoms with Gasteiger partial charge >= 0.3 is 0 Å². The minimum absolute atomic E-state index is 0.443. The molecular formula is C12H8Br3N3. The van der Waals surface area contributed by atoms with Crippen LogP contribution in [-0.4, -0.2) is 4.57 Å². The third kappa shape index (κ3) is 2.22. The lowest BCUT2D eigenvalue weighted by atomic mass is 10.2. The first kappa shape index (κ1) is 13.7. The van der Waals surface area contributed by atoms with Crippen LogP contribution in [0.1, 0.15) is 11.1 Å². The molecule has 1 aromatic heterocycles. The smallest absolute Gasteiger partial charge is 0.126 e. The summed E-state index contributed by atoms with van der Waals surface area (Å²) >= 11 is 10.4. The van der Waals surface area contributed by atoms with Gasteiger partial charge in [0, 0.05) is 19.6 Å². The second kappa shape index (κ2) is 5.08. The first-order valence-electron chi connectivity index (χ1n) is 4.98. The summed E-state index contributed by atoms with van der Waals surface area (Å²) in [6.45, 7) is 1.87. The van der Waals surface area contributed by atoms with Crippen molar-refractivity contribution in [3.05, 3.63) is 42.9 Å². The number of rotatable bonds is 1. The highest BCUT2D eigenvalue weighted by Gasteiger charge is 2.16. The molecule has 92 valence electrons. The minimum Gasteiger partial charge on any atom is -0.384 e. The highest BCUT2D eigenvalue weighted by molar-refractivity contribution is 9.11. The monoisotopic (exact) mass is 431 g/mol. The van der Waals surface area contributed by atoms with Crippen LogP contribution in [0.4, 0.5) is 5.82 Å². The number of hydrogen-bond acceptors (Lipinski definition) is 2. The lowest BCUT2D eigenvalue weighted by Gasteiger charge is -2.11. The van der Waals surface area contributed by atoms with Crippen LogP contribution in [-0.2, 0) is 0 Å². The van der Waals surface area contributed by atoms with Crippen molar-refractivity contribution in [2.24, 2.45) is 0 Å². The van der Waals surface area contributed by atoms with E-state index in [1.165, 1.54) is 0 Å². The molecule has 2 N–H and O–H groups in total. The molecule has 0 aliphatic carbocycles. The van der Waals surface area contributed by atoms with E-state index in [1.807, 2.05) is 25.3 Å². The lowest BCUT2D eigenvalue weighted by Crippen LogP contribution is -2.01. The molecule has 0 saturated carbocycles. The molecule has 1 heterocycles. The Morgan fingerprint density at radius 2 is 1.78 bits per heavy atom. The molecule has 0 spiro atoms. The first-order chi connectivity index (χ1) is 8.45. The zero-order chi connectivity index (χ0) is 13.4.